The Morgan fingerprint density at radius 3 is 2.62 bits per heavy atom. The first-order valence-corrected chi connectivity index (χ1v) is 11.5. The summed E-state index contributed by atoms with van der Waals surface area (Å²) in [5.74, 6) is -0.141. The Morgan fingerprint density at radius 1 is 1.16 bits per heavy atom. The highest BCUT2D eigenvalue weighted by molar-refractivity contribution is 6.20. The number of halogens is 1. The molecule has 0 fully saturated rings. The molecule has 0 aliphatic carbocycles. The van der Waals surface area contributed by atoms with Crippen LogP contribution in [0.4, 0.5) is 11.4 Å². The molecule has 2 amide bonds. The van der Waals surface area contributed by atoms with Crippen molar-refractivity contribution < 1.29 is 14.3 Å². The van der Waals surface area contributed by atoms with Crippen molar-refractivity contribution in [3.8, 4) is 0 Å². The van der Waals surface area contributed by atoms with Crippen LogP contribution in [-0.4, -0.2) is 44.5 Å². The lowest BCUT2D eigenvalue weighted by Gasteiger charge is -2.32. The van der Waals surface area contributed by atoms with Gasteiger partial charge >= 0.3 is 0 Å². The lowest BCUT2D eigenvalue weighted by atomic mass is 9.95. The van der Waals surface area contributed by atoms with E-state index in [-0.39, 0.29) is 17.7 Å². The Hall–Kier alpha value is -2.57. The number of anilines is 2. The highest BCUT2D eigenvalue weighted by atomic mass is 35.5. The summed E-state index contributed by atoms with van der Waals surface area (Å²) in [6.07, 6.45) is 1.66. The van der Waals surface area contributed by atoms with E-state index in [0.29, 0.717) is 24.4 Å². The molecule has 0 saturated heterocycles. The fourth-order valence-corrected chi connectivity index (χ4v) is 3.77. The van der Waals surface area contributed by atoms with Crippen molar-refractivity contribution in [1.29, 1.82) is 0 Å². The predicted molar refractivity (Wildman–Crippen MR) is 130 cm³/mol. The average Bonchev–Trinajstić information content (AvgIpc) is 2.81. The van der Waals surface area contributed by atoms with Crippen LogP contribution in [0.1, 0.15) is 41.8 Å². The number of alkyl halides is 1. The quantitative estimate of drug-likeness (QED) is 0.437. The standard InChI is InChI=1S/C25H32ClN3O3/c1-25(2,17-26)24(31)28-20-9-10-22(21(15-20)23(30)27-12-6-14-32-3)29-13-11-18-7-4-5-8-19(18)16-29/h4-5,7-10,15H,6,11-14,16-17H2,1-3H3,(H,27,30)(H,28,31). The van der Waals surface area contributed by atoms with Gasteiger partial charge in [-0.05, 0) is 56.0 Å². The maximum Gasteiger partial charge on any atom is 0.253 e. The number of hydrogen-bond acceptors (Lipinski definition) is 4. The molecule has 0 saturated carbocycles. The summed E-state index contributed by atoms with van der Waals surface area (Å²) in [5.41, 5.74) is 3.89. The summed E-state index contributed by atoms with van der Waals surface area (Å²) in [6.45, 7) is 6.25. The first kappa shape index (κ1) is 24.1. The fraction of sp³-hybridized carbons (Fsp3) is 0.440. The number of rotatable bonds is 9. The highest BCUT2D eigenvalue weighted by Crippen LogP contribution is 2.30. The molecule has 0 aromatic heterocycles. The van der Waals surface area contributed by atoms with Crippen LogP contribution in [-0.2, 0) is 22.5 Å². The van der Waals surface area contributed by atoms with Crippen LogP contribution in [0.15, 0.2) is 42.5 Å². The average molecular weight is 458 g/mol. The maximum atomic E-state index is 13.1. The van der Waals surface area contributed by atoms with E-state index in [0.717, 1.165) is 31.6 Å². The minimum atomic E-state index is -0.709. The molecule has 2 aromatic rings. The Bertz CT molecular complexity index is 961. The third-order valence-corrected chi connectivity index (χ3v) is 6.40. The van der Waals surface area contributed by atoms with E-state index in [4.69, 9.17) is 16.3 Å². The third-order valence-electron chi connectivity index (χ3n) is 5.73. The number of benzene rings is 2. The second-order valence-electron chi connectivity index (χ2n) is 8.75. The second kappa shape index (κ2) is 10.8. The van der Waals surface area contributed by atoms with Crippen LogP contribution >= 0.6 is 11.6 Å². The van der Waals surface area contributed by atoms with E-state index < -0.39 is 5.41 Å². The number of ether oxygens (including phenoxy) is 1. The van der Waals surface area contributed by atoms with Gasteiger partial charge in [0.2, 0.25) is 5.91 Å². The van der Waals surface area contributed by atoms with Gasteiger partial charge in [0.05, 0.1) is 11.0 Å². The van der Waals surface area contributed by atoms with Gasteiger partial charge in [-0.1, -0.05) is 24.3 Å². The van der Waals surface area contributed by atoms with Crippen molar-refractivity contribution in [2.24, 2.45) is 5.41 Å². The molecule has 32 heavy (non-hydrogen) atoms. The molecule has 0 unspecified atom stereocenters. The van der Waals surface area contributed by atoms with Crippen LogP contribution in [0.2, 0.25) is 0 Å². The zero-order valence-corrected chi connectivity index (χ0v) is 19.8. The summed E-state index contributed by atoms with van der Waals surface area (Å²) in [7, 11) is 1.64. The second-order valence-corrected chi connectivity index (χ2v) is 9.01. The summed E-state index contributed by atoms with van der Waals surface area (Å²) >= 11 is 5.95. The molecule has 1 aliphatic rings. The van der Waals surface area contributed by atoms with Crippen molar-refractivity contribution in [3.63, 3.8) is 0 Å². The maximum absolute atomic E-state index is 13.1. The van der Waals surface area contributed by atoms with Gasteiger partial charge in [-0.3, -0.25) is 9.59 Å². The van der Waals surface area contributed by atoms with Crippen molar-refractivity contribution in [2.75, 3.05) is 42.9 Å². The first-order chi connectivity index (χ1) is 15.4. The molecule has 0 radical (unpaired) electrons. The normalized spacial score (nSPS) is 13.4. The van der Waals surface area contributed by atoms with E-state index >= 15 is 0 Å². The van der Waals surface area contributed by atoms with Gasteiger partial charge in [-0.15, -0.1) is 11.6 Å². The van der Waals surface area contributed by atoms with Gasteiger partial charge in [-0.2, -0.15) is 0 Å². The lowest BCUT2D eigenvalue weighted by molar-refractivity contribution is -0.122. The number of nitrogens with zero attached hydrogens (tertiary/aromatic N) is 1. The van der Waals surface area contributed by atoms with Crippen molar-refractivity contribution in [1.82, 2.24) is 5.32 Å². The number of nitrogens with one attached hydrogen (secondary N) is 2. The Morgan fingerprint density at radius 2 is 1.91 bits per heavy atom. The molecule has 1 heterocycles. The van der Waals surface area contributed by atoms with E-state index in [1.807, 2.05) is 18.2 Å². The van der Waals surface area contributed by atoms with Gasteiger partial charge in [0.15, 0.2) is 0 Å². The van der Waals surface area contributed by atoms with Gasteiger partial charge in [-0.25, -0.2) is 0 Å². The topological polar surface area (TPSA) is 70.7 Å². The first-order valence-electron chi connectivity index (χ1n) is 11.0. The van der Waals surface area contributed by atoms with E-state index in [1.165, 1.54) is 11.1 Å². The minimum absolute atomic E-state index is 0.164. The largest absolute Gasteiger partial charge is 0.385 e. The van der Waals surface area contributed by atoms with Gasteiger partial charge in [0.1, 0.15) is 0 Å². The molecule has 6 nitrogen and oxygen atoms in total. The van der Waals surface area contributed by atoms with Crippen LogP contribution < -0.4 is 15.5 Å². The summed E-state index contributed by atoms with van der Waals surface area (Å²) in [4.78, 5) is 27.9. The third kappa shape index (κ3) is 5.81. The predicted octanol–water partition coefficient (Wildman–Crippen LogP) is 4.22. The smallest absolute Gasteiger partial charge is 0.253 e. The number of amides is 2. The molecule has 7 heteroatoms. The van der Waals surface area contributed by atoms with E-state index in [2.05, 4.69) is 33.7 Å². The van der Waals surface area contributed by atoms with Gasteiger partial charge in [0, 0.05) is 50.6 Å². The van der Waals surface area contributed by atoms with Crippen molar-refractivity contribution >= 4 is 34.8 Å². The monoisotopic (exact) mass is 457 g/mol. The SMILES string of the molecule is COCCCNC(=O)c1cc(NC(=O)C(C)(C)CCl)ccc1N1CCc2ccccc2C1. The zero-order chi connectivity index (χ0) is 23.1. The number of fused-ring (bicyclic) bond motifs is 1. The van der Waals surface area contributed by atoms with Crippen LogP contribution in [0, 0.1) is 5.41 Å². The summed E-state index contributed by atoms with van der Waals surface area (Å²) < 4.78 is 5.07. The number of methoxy groups -OCH3 is 1. The number of carbonyl (C=O) groups excluding carboxylic acids is 2. The molecular weight excluding hydrogens is 426 g/mol. The fourth-order valence-electron chi connectivity index (χ4n) is 3.65. The molecule has 172 valence electrons. The van der Waals surface area contributed by atoms with Gasteiger partial charge in [0.25, 0.3) is 5.91 Å². The van der Waals surface area contributed by atoms with Crippen LogP contribution in [0.3, 0.4) is 0 Å². The lowest BCUT2D eigenvalue weighted by Crippen LogP contribution is -2.34. The zero-order valence-electron chi connectivity index (χ0n) is 19.0. The molecular formula is C25H32ClN3O3. The number of carbonyl (C=O) groups is 2. The minimum Gasteiger partial charge on any atom is -0.385 e. The molecule has 3 rings (SSSR count). The molecule has 2 aromatic carbocycles. The molecule has 0 atom stereocenters. The molecule has 0 bridgehead atoms. The Kier molecular flexibility index (Phi) is 8.15. The van der Waals surface area contributed by atoms with Crippen LogP contribution in [0.25, 0.3) is 0 Å². The van der Waals surface area contributed by atoms with Crippen molar-refractivity contribution in [2.45, 2.75) is 33.2 Å². The van der Waals surface area contributed by atoms with E-state index in [1.54, 1.807) is 27.0 Å². The van der Waals surface area contributed by atoms with E-state index in [9.17, 15) is 9.59 Å². The summed E-state index contributed by atoms with van der Waals surface area (Å²) in [5, 5.41) is 5.88. The Balaban J connectivity index is 1.86. The Labute approximate surface area is 195 Å². The van der Waals surface area contributed by atoms with Crippen molar-refractivity contribution in [3.05, 3.63) is 59.2 Å². The molecule has 2 N–H and O–H groups in total. The molecule has 1 aliphatic heterocycles. The summed E-state index contributed by atoms with van der Waals surface area (Å²) in [6, 6.07) is 13.9. The number of hydrogen-bond donors (Lipinski definition) is 2. The molecule has 0 spiro atoms. The van der Waals surface area contributed by atoms with Gasteiger partial charge < -0.3 is 20.3 Å². The van der Waals surface area contributed by atoms with Crippen LogP contribution in [0.5, 0.6) is 0 Å². The highest BCUT2D eigenvalue weighted by Gasteiger charge is 2.27.